The summed E-state index contributed by atoms with van der Waals surface area (Å²) in [7, 11) is 2.17. The minimum atomic E-state index is -0.368. The van der Waals surface area contributed by atoms with Crippen molar-refractivity contribution in [3.8, 4) is 0 Å². The van der Waals surface area contributed by atoms with E-state index in [1.54, 1.807) is 24.3 Å². The lowest BCUT2D eigenvalue weighted by molar-refractivity contribution is -0.926. The molecule has 0 unspecified atom stereocenters. The number of non-ortho nitro benzene ring substituents is 2. The fraction of sp³-hybridized carbons (Fsp3) is 0.368. The number of benzene rings is 2. The first-order valence-electron chi connectivity index (χ1n) is 8.87. The molecule has 0 N–H and O–H groups in total. The third-order valence-corrected chi connectivity index (χ3v) is 5.13. The van der Waals surface area contributed by atoms with Gasteiger partial charge in [0, 0.05) is 49.5 Å². The average Bonchev–Trinajstić information content (AvgIpc) is 2.64. The molecule has 0 atom stereocenters. The molecular formula is C19H23N4O4+. The van der Waals surface area contributed by atoms with Gasteiger partial charge in [0.25, 0.3) is 11.4 Å². The highest BCUT2D eigenvalue weighted by molar-refractivity contribution is 5.34. The zero-order chi connectivity index (χ0) is 19.4. The van der Waals surface area contributed by atoms with Crippen LogP contribution in [0.4, 0.5) is 11.4 Å². The molecule has 1 saturated heterocycles. The zero-order valence-electron chi connectivity index (χ0n) is 15.3. The third-order valence-electron chi connectivity index (χ3n) is 5.13. The van der Waals surface area contributed by atoms with Crippen molar-refractivity contribution < 1.29 is 14.3 Å². The molecule has 1 heterocycles. The molecule has 142 valence electrons. The van der Waals surface area contributed by atoms with Crippen molar-refractivity contribution in [1.82, 2.24) is 4.90 Å². The lowest BCUT2D eigenvalue weighted by Crippen LogP contribution is -2.56. The van der Waals surface area contributed by atoms with E-state index in [1.165, 1.54) is 12.1 Å². The number of hydrogen-bond acceptors (Lipinski definition) is 5. The van der Waals surface area contributed by atoms with E-state index in [4.69, 9.17) is 0 Å². The van der Waals surface area contributed by atoms with Crippen LogP contribution in [0.25, 0.3) is 0 Å². The second-order valence-electron chi connectivity index (χ2n) is 7.36. The fourth-order valence-electron chi connectivity index (χ4n) is 3.54. The van der Waals surface area contributed by atoms with Crippen molar-refractivity contribution in [3.63, 3.8) is 0 Å². The van der Waals surface area contributed by atoms with Gasteiger partial charge in [-0.25, -0.2) is 0 Å². The van der Waals surface area contributed by atoms with E-state index >= 15 is 0 Å². The average molecular weight is 371 g/mol. The van der Waals surface area contributed by atoms with Crippen molar-refractivity contribution >= 4 is 11.4 Å². The Bertz CT molecular complexity index is 847. The van der Waals surface area contributed by atoms with E-state index in [1.807, 2.05) is 12.1 Å². The SMILES string of the molecule is C[N+]1(Cc2cccc([N+](=O)[O-])c2)CCN(Cc2cccc([N+](=O)[O-])c2)CC1. The van der Waals surface area contributed by atoms with E-state index in [-0.39, 0.29) is 21.2 Å². The van der Waals surface area contributed by atoms with Gasteiger partial charge in [0.05, 0.1) is 30.0 Å². The molecule has 2 aromatic carbocycles. The lowest BCUT2D eigenvalue weighted by atomic mass is 10.1. The van der Waals surface area contributed by atoms with Crippen molar-refractivity contribution in [2.24, 2.45) is 0 Å². The van der Waals surface area contributed by atoms with Crippen LogP contribution in [-0.4, -0.2) is 52.5 Å². The Hall–Kier alpha value is -2.84. The molecule has 8 nitrogen and oxygen atoms in total. The van der Waals surface area contributed by atoms with E-state index in [0.29, 0.717) is 6.54 Å². The van der Waals surface area contributed by atoms with Crippen LogP contribution in [0.1, 0.15) is 11.1 Å². The summed E-state index contributed by atoms with van der Waals surface area (Å²) in [6, 6.07) is 13.6. The fourth-order valence-corrected chi connectivity index (χ4v) is 3.54. The number of quaternary nitrogens is 1. The predicted octanol–water partition coefficient (Wildman–Crippen LogP) is 2.97. The molecule has 27 heavy (non-hydrogen) atoms. The number of likely N-dealkylation sites (N-methyl/N-ethyl adjacent to an activating group) is 1. The van der Waals surface area contributed by atoms with Crippen LogP contribution in [0, 0.1) is 20.2 Å². The maximum Gasteiger partial charge on any atom is 0.269 e. The van der Waals surface area contributed by atoms with Gasteiger partial charge in [0.1, 0.15) is 6.54 Å². The van der Waals surface area contributed by atoms with Gasteiger partial charge < -0.3 is 4.48 Å². The Balaban J connectivity index is 1.59. The highest BCUT2D eigenvalue weighted by Crippen LogP contribution is 2.21. The van der Waals surface area contributed by atoms with Gasteiger partial charge in [-0.3, -0.25) is 25.1 Å². The lowest BCUT2D eigenvalue weighted by Gasteiger charge is -2.42. The van der Waals surface area contributed by atoms with Gasteiger partial charge in [-0.1, -0.05) is 24.3 Å². The third kappa shape index (κ3) is 4.87. The van der Waals surface area contributed by atoms with Crippen molar-refractivity contribution in [2.75, 3.05) is 33.2 Å². The van der Waals surface area contributed by atoms with Gasteiger partial charge in [0.15, 0.2) is 0 Å². The van der Waals surface area contributed by atoms with Crippen LogP contribution in [0.2, 0.25) is 0 Å². The number of nitro groups is 2. The van der Waals surface area contributed by atoms with Crippen LogP contribution in [0.5, 0.6) is 0 Å². The topological polar surface area (TPSA) is 89.5 Å². The van der Waals surface area contributed by atoms with Crippen LogP contribution in [0.3, 0.4) is 0 Å². The Morgan fingerprint density at radius 2 is 1.44 bits per heavy atom. The predicted molar refractivity (Wildman–Crippen MR) is 101 cm³/mol. The van der Waals surface area contributed by atoms with Crippen molar-refractivity contribution in [3.05, 3.63) is 79.9 Å². The van der Waals surface area contributed by atoms with Gasteiger partial charge in [-0.2, -0.15) is 0 Å². The number of rotatable bonds is 6. The molecule has 8 heteroatoms. The molecule has 1 aliphatic heterocycles. The highest BCUT2D eigenvalue weighted by Gasteiger charge is 2.29. The molecular weight excluding hydrogens is 348 g/mol. The summed E-state index contributed by atoms with van der Waals surface area (Å²) < 4.78 is 0.826. The quantitative estimate of drug-likeness (QED) is 0.442. The van der Waals surface area contributed by atoms with Gasteiger partial charge in [-0.05, 0) is 5.56 Å². The number of nitro benzene ring substituents is 2. The van der Waals surface area contributed by atoms with Crippen LogP contribution in [-0.2, 0) is 13.1 Å². The summed E-state index contributed by atoms with van der Waals surface area (Å²) >= 11 is 0. The number of nitrogens with zero attached hydrogens (tertiary/aromatic N) is 4. The maximum absolute atomic E-state index is 11.0. The molecule has 0 aliphatic carbocycles. The van der Waals surface area contributed by atoms with E-state index in [9.17, 15) is 20.2 Å². The van der Waals surface area contributed by atoms with Gasteiger partial charge in [0.2, 0.25) is 0 Å². The minimum Gasteiger partial charge on any atom is -0.320 e. The van der Waals surface area contributed by atoms with Crippen LogP contribution < -0.4 is 0 Å². The standard InChI is InChI=1S/C19H23N4O4/c1-23(15-17-5-3-7-19(13-17)22(26)27)10-8-20(9-11-23)14-16-4-2-6-18(12-16)21(24)25/h2-7,12-13H,8-11,14-15H2,1H3/q+1. The summed E-state index contributed by atoms with van der Waals surface area (Å²) in [6.45, 7) is 5.07. The Morgan fingerprint density at radius 3 is 2.00 bits per heavy atom. The second kappa shape index (κ2) is 7.81. The van der Waals surface area contributed by atoms with E-state index in [2.05, 4.69) is 11.9 Å². The molecule has 1 aliphatic rings. The molecule has 0 radical (unpaired) electrons. The summed E-state index contributed by atoms with van der Waals surface area (Å²) in [6.07, 6.45) is 0. The summed E-state index contributed by atoms with van der Waals surface area (Å²) in [5, 5.41) is 21.9. The monoisotopic (exact) mass is 371 g/mol. The number of hydrogen-bond donors (Lipinski definition) is 0. The van der Waals surface area contributed by atoms with Crippen molar-refractivity contribution in [1.29, 1.82) is 0 Å². The molecule has 0 aromatic heterocycles. The Labute approximate surface area is 157 Å². The van der Waals surface area contributed by atoms with Crippen molar-refractivity contribution in [2.45, 2.75) is 13.1 Å². The van der Waals surface area contributed by atoms with Crippen LogP contribution >= 0.6 is 0 Å². The first-order chi connectivity index (χ1) is 12.8. The van der Waals surface area contributed by atoms with Gasteiger partial charge >= 0.3 is 0 Å². The smallest absolute Gasteiger partial charge is 0.269 e. The maximum atomic E-state index is 11.0. The molecule has 0 bridgehead atoms. The molecule has 2 aromatic rings. The zero-order valence-corrected chi connectivity index (χ0v) is 15.3. The molecule has 0 saturated carbocycles. The minimum absolute atomic E-state index is 0.121. The normalized spacial score (nSPS) is 16.8. The van der Waals surface area contributed by atoms with Gasteiger partial charge in [-0.15, -0.1) is 0 Å². The molecule has 3 rings (SSSR count). The first-order valence-corrected chi connectivity index (χ1v) is 8.87. The summed E-state index contributed by atoms with van der Waals surface area (Å²) in [4.78, 5) is 23.4. The molecule has 1 fully saturated rings. The Kier molecular flexibility index (Phi) is 5.48. The second-order valence-corrected chi connectivity index (χ2v) is 7.36. The first kappa shape index (κ1) is 18.9. The van der Waals surface area contributed by atoms with Crippen LogP contribution in [0.15, 0.2) is 48.5 Å². The molecule has 0 spiro atoms. The number of piperazine rings is 1. The largest absolute Gasteiger partial charge is 0.320 e. The Morgan fingerprint density at radius 1 is 0.926 bits per heavy atom. The van der Waals surface area contributed by atoms with E-state index in [0.717, 1.165) is 48.3 Å². The summed E-state index contributed by atoms with van der Waals surface area (Å²) in [5.41, 5.74) is 2.16. The summed E-state index contributed by atoms with van der Waals surface area (Å²) in [5.74, 6) is 0. The van der Waals surface area contributed by atoms with E-state index < -0.39 is 0 Å². The highest BCUT2D eigenvalue weighted by atomic mass is 16.6. The molecule has 0 amide bonds.